The Morgan fingerprint density at radius 3 is 2.48 bits per heavy atom. The topological polar surface area (TPSA) is 76.1 Å². The van der Waals surface area contributed by atoms with E-state index >= 15 is 0 Å². The molecule has 6 nitrogen and oxygen atoms in total. The molecule has 1 aromatic rings. The van der Waals surface area contributed by atoms with E-state index in [0.717, 1.165) is 12.8 Å². The van der Waals surface area contributed by atoms with Gasteiger partial charge in [-0.2, -0.15) is 13.2 Å². The average Bonchev–Trinajstić information content (AvgIpc) is 2.63. The van der Waals surface area contributed by atoms with Crippen molar-refractivity contribution in [2.75, 3.05) is 26.3 Å². The van der Waals surface area contributed by atoms with Crippen molar-refractivity contribution in [2.24, 2.45) is 5.92 Å². The summed E-state index contributed by atoms with van der Waals surface area (Å²) in [5.41, 5.74) is 0. The smallest absolute Gasteiger partial charge is 0.422 e. The van der Waals surface area contributed by atoms with Crippen molar-refractivity contribution in [1.29, 1.82) is 0 Å². The first-order valence-corrected chi connectivity index (χ1v) is 8.65. The van der Waals surface area contributed by atoms with Crippen molar-refractivity contribution in [3.05, 3.63) is 24.3 Å². The highest BCUT2D eigenvalue weighted by molar-refractivity contribution is 5.78. The molecule has 9 heteroatoms. The highest BCUT2D eigenvalue weighted by atomic mass is 19.4. The number of likely N-dealkylation sites (tertiary alicyclic amines) is 1. The van der Waals surface area contributed by atoms with Crippen LogP contribution >= 0.6 is 0 Å². The van der Waals surface area contributed by atoms with E-state index in [4.69, 9.17) is 14.6 Å². The number of carbonyl (C=O) groups is 2. The molecule has 1 atom stereocenters. The Labute approximate surface area is 154 Å². The van der Waals surface area contributed by atoms with Crippen LogP contribution in [-0.4, -0.2) is 54.4 Å². The monoisotopic (exact) mass is 389 g/mol. The number of benzene rings is 1. The van der Waals surface area contributed by atoms with Crippen molar-refractivity contribution >= 4 is 11.9 Å². The van der Waals surface area contributed by atoms with Crippen LogP contribution in [0.25, 0.3) is 0 Å². The van der Waals surface area contributed by atoms with Crippen LogP contribution < -0.4 is 9.47 Å². The van der Waals surface area contributed by atoms with E-state index in [1.807, 2.05) is 0 Å². The van der Waals surface area contributed by atoms with Crippen LogP contribution in [0.4, 0.5) is 13.2 Å². The summed E-state index contributed by atoms with van der Waals surface area (Å²) in [6, 6.07) is 5.86. The molecule has 2 rings (SSSR count). The molecule has 150 valence electrons. The molecule has 0 aliphatic carbocycles. The molecule has 1 aromatic carbocycles. The quantitative estimate of drug-likeness (QED) is 0.739. The zero-order valence-corrected chi connectivity index (χ0v) is 14.7. The summed E-state index contributed by atoms with van der Waals surface area (Å²) in [7, 11) is 0. The van der Waals surface area contributed by atoms with Gasteiger partial charge >= 0.3 is 12.1 Å². The Morgan fingerprint density at radius 1 is 1.19 bits per heavy atom. The summed E-state index contributed by atoms with van der Waals surface area (Å²) in [5, 5.41) is 8.77. The van der Waals surface area contributed by atoms with E-state index in [0.29, 0.717) is 19.5 Å². The summed E-state index contributed by atoms with van der Waals surface area (Å²) in [5.74, 6) is -1.05. The van der Waals surface area contributed by atoms with E-state index in [2.05, 4.69) is 0 Å². The van der Waals surface area contributed by atoms with Crippen molar-refractivity contribution < 1.29 is 37.3 Å². The number of hydrogen-bond acceptors (Lipinski definition) is 4. The number of rotatable bonds is 8. The number of carboxylic acid groups (broad SMARTS) is 1. The molecule has 0 bridgehead atoms. The van der Waals surface area contributed by atoms with Crippen LogP contribution in [0.1, 0.15) is 25.7 Å². The number of aliphatic carboxylic acids is 1. The molecule has 1 saturated heterocycles. The fraction of sp³-hybridized carbons (Fsp3) is 0.556. The van der Waals surface area contributed by atoms with Crippen LogP contribution in [0.3, 0.4) is 0 Å². The minimum atomic E-state index is -4.47. The normalized spacial score (nSPS) is 17.4. The lowest BCUT2D eigenvalue weighted by molar-refractivity contribution is -0.153. The number of alkyl halides is 3. The molecular weight excluding hydrogens is 367 g/mol. The summed E-state index contributed by atoms with van der Waals surface area (Å²) in [6.07, 6.45) is -2.25. The molecule has 0 aromatic heterocycles. The minimum absolute atomic E-state index is 0.0626. The highest BCUT2D eigenvalue weighted by Crippen LogP contribution is 2.28. The van der Waals surface area contributed by atoms with Gasteiger partial charge in [-0.05, 0) is 37.3 Å². The SMILES string of the molecule is O=C(O)CCC1CCCN(C(=O)COc2ccccc2OCC(F)(F)F)C1. The van der Waals surface area contributed by atoms with E-state index in [1.165, 1.54) is 18.2 Å². The maximum atomic E-state index is 12.3. The van der Waals surface area contributed by atoms with Gasteiger partial charge in [0, 0.05) is 19.5 Å². The molecule has 1 amide bonds. The molecule has 0 saturated carbocycles. The number of halogens is 3. The van der Waals surface area contributed by atoms with Crippen LogP contribution in [-0.2, 0) is 9.59 Å². The van der Waals surface area contributed by atoms with Gasteiger partial charge in [0.1, 0.15) is 0 Å². The lowest BCUT2D eigenvalue weighted by atomic mass is 9.93. The van der Waals surface area contributed by atoms with Crippen LogP contribution in [0.5, 0.6) is 11.5 Å². The van der Waals surface area contributed by atoms with Crippen molar-refractivity contribution in [3.8, 4) is 11.5 Å². The fourth-order valence-corrected chi connectivity index (χ4v) is 2.93. The zero-order chi connectivity index (χ0) is 19.9. The van der Waals surface area contributed by atoms with Crippen molar-refractivity contribution in [2.45, 2.75) is 31.9 Å². The summed E-state index contributed by atoms with van der Waals surface area (Å²) in [6.45, 7) is -0.754. The van der Waals surface area contributed by atoms with Gasteiger partial charge in [0.25, 0.3) is 5.91 Å². The number of piperidine rings is 1. The summed E-state index contributed by atoms with van der Waals surface area (Å²) >= 11 is 0. The first-order valence-electron chi connectivity index (χ1n) is 8.65. The van der Waals surface area contributed by atoms with Gasteiger partial charge in [0.15, 0.2) is 24.7 Å². The van der Waals surface area contributed by atoms with Gasteiger partial charge in [-0.25, -0.2) is 0 Å². The average molecular weight is 389 g/mol. The second-order valence-electron chi connectivity index (χ2n) is 6.42. The molecule has 27 heavy (non-hydrogen) atoms. The first-order chi connectivity index (χ1) is 12.7. The standard InChI is InChI=1S/C18H22F3NO5/c19-18(20,21)12-27-15-6-2-1-5-14(15)26-11-16(23)22-9-3-4-13(10-22)7-8-17(24)25/h1-2,5-6,13H,3-4,7-12H2,(H,24,25). The highest BCUT2D eigenvalue weighted by Gasteiger charge is 2.29. The number of carboxylic acids is 1. The molecule has 1 heterocycles. The summed E-state index contributed by atoms with van der Waals surface area (Å²) in [4.78, 5) is 24.6. The Bertz CT molecular complexity index is 650. The van der Waals surface area contributed by atoms with Gasteiger partial charge in [-0.1, -0.05) is 12.1 Å². The molecular formula is C18H22F3NO5. The van der Waals surface area contributed by atoms with Gasteiger partial charge < -0.3 is 19.5 Å². The van der Waals surface area contributed by atoms with E-state index in [1.54, 1.807) is 11.0 Å². The predicted molar refractivity (Wildman–Crippen MR) is 89.7 cm³/mol. The fourth-order valence-electron chi connectivity index (χ4n) is 2.93. The van der Waals surface area contributed by atoms with Crippen LogP contribution in [0.15, 0.2) is 24.3 Å². The predicted octanol–water partition coefficient (Wildman–Crippen LogP) is 3.11. The second-order valence-corrected chi connectivity index (χ2v) is 6.42. The van der Waals surface area contributed by atoms with Gasteiger partial charge in [-0.3, -0.25) is 9.59 Å². The maximum absolute atomic E-state index is 12.3. The first kappa shape index (κ1) is 20.9. The van der Waals surface area contributed by atoms with Gasteiger partial charge in [0.2, 0.25) is 0 Å². The molecule has 0 spiro atoms. The lowest BCUT2D eigenvalue weighted by Crippen LogP contribution is -2.42. The molecule has 1 unspecified atom stereocenters. The van der Waals surface area contributed by atoms with Crippen molar-refractivity contribution in [3.63, 3.8) is 0 Å². The third kappa shape index (κ3) is 7.36. The van der Waals surface area contributed by atoms with E-state index < -0.39 is 18.8 Å². The molecule has 1 N–H and O–H groups in total. The second kappa shape index (κ2) is 9.48. The van der Waals surface area contributed by atoms with Gasteiger partial charge in [0.05, 0.1) is 0 Å². The maximum Gasteiger partial charge on any atom is 0.422 e. The van der Waals surface area contributed by atoms with E-state index in [-0.39, 0.29) is 36.4 Å². The van der Waals surface area contributed by atoms with Gasteiger partial charge in [-0.15, -0.1) is 0 Å². The molecule has 1 aliphatic heterocycles. The van der Waals surface area contributed by atoms with Crippen molar-refractivity contribution in [1.82, 2.24) is 4.90 Å². The third-order valence-corrected chi connectivity index (χ3v) is 4.23. The van der Waals surface area contributed by atoms with Crippen LogP contribution in [0, 0.1) is 5.92 Å². The lowest BCUT2D eigenvalue weighted by Gasteiger charge is -2.32. The Morgan fingerprint density at radius 2 is 1.85 bits per heavy atom. The number of ether oxygens (including phenoxy) is 2. The Balaban J connectivity index is 1.87. The Hall–Kier alpha value is -2.45. The molecule has 1 aliphatic rings. The number of hydrogen-bond donors (Lipinski definition) is 1. The number of para-hydroxylation sites is 2. The molecule has 0 radical (unpaired) electrons. The Kier molecular flexibility index (Phi) is 7.32. The number of carbonyl (C=O) groups excluding carboxylic acids is 1. The molecule has 1 fully saturated rings. The number of amides is 1. The summed E-state index contributed by atoms with van der Waals surface area (Å²) < 4.78 is 47.0. The zero-order valence-electron chi connectivity index (χ0n) is 14.7. The largest absolute Gasteiger partial charge is 0.481 e. The van der Waals surface area contributed by atoms with E-state index in [9.17, 15) is 22.8 Å². The third-order valence-electron chi connectivity index (χ3n) is 4.23. The minimum Gasteiger partial charge on any atom is -0.481 e. The van der Waals surface area contributed by atoms with Crippen LogP contribution in [0.2, 0.25) is 0 Å². The number of nitrogens with zero attached hydrogens (tertiary/aromatic N) is 1.